The van der Waals surface area contributed by atoms with Crippen LogP contribution in [0.2, 0.25) is 0 Å². The first kappa shape index (κ1) is 21.7. The van der Waals surface area contributed by atoms with Gasteiger partial charge in [-0.25, -0.2) is 17.5 Å². The average Bonchev–Trinajstić information content (AvgIpc) is 3.14. The molecule has 0 atom stereocenters. The largest absolute Gasteiger partial charge is 0.321 e. The molecule has 0 unspecified atom stereocenters. The smallest absolute Gasteiger partial charge is 0.276 e. The summed E-state index contributed by atoms with van der Waals surface area (Å²) < 4.78 is 42.9. The van der Waals surface area contributed by atoms with E-state index in [1.54, 1.807) is 30.5 Å². The number of anilines is 1. The molecular weight excluding hydrogens is 433 g/mol. The Morgan fingerprint density at radius 1 is 1.03 bits per heavy atom. The molecule has 32 heavy (non-hydrogen) atoms. The fourth-order valence-electron chi connectivity index (χ4n) is 3.32. The second-order valence-corrected chi connectivity index (χ2v) is 9.03. The highest BCUT2D eigenvalue weighted by Crippen LogP contribution is 2.18. The first-order valence-electron chi connectivity index (χ1n) is 10.2. The van der Waals surface area contributed by atoms with Gasteiger partial charge in [0.2, 0.25) is 0 Å². The van der Waals surface area contributed by atoms with Crippen LogP contribution in [0.25, 0.3) is 5.69 Å². The van der Waals surface area contributed by atoms with Gasteiger partial charge in [0.1, 0.15) is 11.7 Å². The van der Waals surface area contributed by atoms with Gasteiger partial charge in [0.15, 0.2) is 5.69 Å². The molecule has 0 bridgehead atoms. The molecule has 10 heteroatoms. The number of carbonyl (C=O) groups is 1. The maximum atomic E-state index is 13.4. The van der Waals surface area contributed by atoms with Crippen LogP contribution in [0.4, 0.5) is 10.1 Å². The maximum absolute atomic E-state index is 13.4. The summed E-state index contributed by atoms with van der Waals surface area (Å²) in [7, 11) is -3.82. The number of rotatable bonds is 5. The van der Waals surface area contributed by atoms with Crippen LogP contribution in [-0.2, 0) is 10.0 Å². The standard InChI is InChI=1S/C22H22FN5O3S/c23-16-6-4-8-18(14-16)28-13-11-20(26-28)22(29)25-17-7-5-9-19(15-17)32(30,31)27-21-10-2-1-3-12-24-21/h4-9,11,13-15H,1-3,10,12H2,(H,24,27)(H,25,29). The molecule has 0 spiro atoms. The van der Waals surface area contributed by atoms with Gasteiger partial charge in [-0.05, 0) is 55.3 Å². The lowest BCUT2D eigenvalue weighted by molar-refractivity contribution is 0.102. The normalized spacial score (nSPS) is 14.3. The molecule has 4 rings (SSSR count). The topological polar surface area (TPSA) is 105 Å². The predicted molar refractivity (Wildman–Crippen MR) is 119 cm³/mol. The molecule has 0 fully saturated rings. The van der Waals surface area contributed by atoms with E-state index in [1.165, 1.54) is 35.0 Å². The third-order valence-electron chi connectivity index (χ3n) is 4.92. The molecule has 166 valence electrons. The minimum Gasteiger partial charge on any atom is -0.321 e. The number of amides is 1. The van der Waals surface area contributed by atoms with Crippen LogP contribution in [0.15, 0.2) is 70.7 Å². The lowest BCUT2D eigenvalue weighted by Gasteiger charge is -2.11. The van der Waals surface area contributed by atoms with E-state index in [0.29, 0.717) is 30.2 Å². The number of aliphatic imine (C=N–C) groups is 1. The number of sulfonamides is 1. The summed E-state index contributed by atoms with van der Waals surface area (Å²) in [6.45, 7) is 0.607. The molecule has 0 radical (unpaired) electrons. The quantitative estimate of drug-likeness (QED) is 0.614. The lowest BCUT2D eigenvalue weighted by atomic mass is 10.2. The van der Waals surface area contributed by atoms with Crippen LogP contribution in [-0.4, -0.2) is 36.5 Å². The van der Waals surface area contributed by atoms with Crippen molar-refractivity contribution in [1.29, 1.82) is 0 Å². The molecule has 1 aromatic heterocycles. The monoisotopic (exact) mass is 455 g/mol. The van der Waals surface area contributed by atoms with Gasteiger partial charge in [-0.15, -0.1) is 0 Å². The minimum atomic E-state index is -3.82. The van der Waals surface area contributed by atoms with Gasteiger partial charge >= 0.3 is 0 Å². The Morgan fingerprint density at radius 3 is 2.72 bits per heavy atom. The first-order chi connectivity index (χ1) is 15.4. The van der Waals surface area contributed by atoms with Crippen LogP contribution in [0.5, 0.6) is 0 Å². The molecule has 0 saturated carbocycles. The molecule has 2 heterocycles. The van der Waals surface area contributed by atoms with E-state index in [2.05, 4.69) is 20.1 Å². The number of amidine groups is 1. The van der Waals surface area contributed by atoms with Crippen molar-refractivity contribution < 1.29 is 17.6 Å². The van der Waals surface area contributed by atoms with Crippen LogP contribution < -0.4 is 10.0 Å². The van der Waals surface area contributed by atoms with Crippen molar-refractivity contribution in [2.75, 3.05) is 11.9 Å². The van der Waals surface area contributed by atoms with E-state index in [4.69, 9.17) is 0 Å². The van der Waals surface area contributed by atoms with Gasteiger partial charge in [0.05, 0.1) is 10.6 Å². The van der Waals surface area contributed by atoms with Crippen molar-refractivity contribution >= 4 is 27.5 Å². The molecule has 3 aromatic rings. The average molecular weight is 456 g/mol. The Morgan fingerprint density at radius 2 is 1.88 bits per heavy atom. The summed E-state index contributed by atoms with van der Waals surface area (Å²) in [5.74, 6) is -0.471. The number of hydrogen-bond acceptors (Lipinski definition) is 5. The maximum Gasteiger partial charge on any atom is 0.276 e. The molecule has 0 saturated heterocycles. The molecule has 0 aliphatic carbocycles. The highest BCUT2D eigenvalue weighted by Gasteiger charge is 2.18. The number of nitrogens with one attached hydrogen (secondary N) is 2. The van der Waals surface area contributed by atoms with E-state index in [0.717, 1.165) is 19.3 Å². The number of benzene rings is 2. The molecule has 1 amide bonds. The van der Waals surface area contributed by atoms with E-state index in [9.17, 15) is 17.6 Å². The van der Waals surface area contributed by atoms with Gasteiger partial charge in [-0.1, -0.05) is 18.6 Å². The van der Waals surface area contributed by atoms with Crippen LogP contribution >= 0.6 is 0 Å². The van der Waals surface area contributed by atoms with Gasteiger partial charge in [0, 0.05) is 24.8 Å². The highest BCUT2D eigenvalue weighted by molar-refractivity contribution is 7.90. The zero-order valence-corrected chi connectivity index (χ0v) is 18.0. The number of halogens is 1. The van der Waals surface area contributed by atoms with Crippen molar-refractivity contribution in [2.24, 2.45) is 4.99 Å². The summed E-state index contributed by atoms with van der Waals surface area (Å²) in [5.41, 5.74) is 0.888. The minimum absolute atomic E-state index is 0.0209. The van der Waals surface area contributed by atoms with Crippen molar-refractivity contribution in [1.82, 2.24) is 14.5 Å². The number of aromatic nitrogens is 2. The first-order valence-corrected chi connectivity index (χ1v) is 11.7. The zero-order valence-electron chi connectivity index (χ0n) is 17.2. The van der Waals surface area contributed by atoms with Crippen molar-refractivity contribution in [2.45, 2.75) is 30.6 Å². The third-order valence-corrected chi connectivity index (χ3v) is 6.30. The third kappa shape index (κ3) is 5.20. The molecule has 1 aliphatic heterocycles. The van der Waals surface area contributed by atoms with Crippen molar-refractivity contribution in [3.63, 3.8) is 0 Å². The summed E-state index contributed by atoms with van der Waals surface area (Å²) in [6, 6.07) is 13.3. The molecule has 1 aliphatic rings. The Balaban J connectivity index is 1.48. The Labute approximate surface area is 185 Å². The fraction of sp³-hybridized carbons (Fsp3) is 0.227. The summed E-state index contributed by atoms with van der Waals surface area (Å²) in [4.78, 5) is 16.9. The van der Waals surface area contributed by atoms with Crippen LogP contribution in [0.3, 0.4) is 0 Å². The van der Waals surface area contributed by atoms with E-state index < -0.39 is 21.7 Å². The molecule has 2 N–H and O–H groups in total. The van der Waals surface area contributed by atoms with E-state index in [1.807, 2.05) is 0 Å². The number of nitrogens with zero attached hydrogens (tertiary/aromatic N) is 3. The number of carbonyl (C=O) groups excluding carboxylic acids is 1. The molecular formula is C22H22FN5O3S. The predicted octanol–water partition coefficient (Wildman–Crippen LogP) is 3.51. The zero-order chi connectivity index (χ0) is 22.6. The Hall–Kier alpha value is -3.53. The van der Waals surface area contributed by atoms with Gasteiger partial charge < -0.3 is 5.32 Å². The van der Waals surface area contributed by atoms with Crippen LogP contribution in [0, 0.1) is 5.82 Å². The second-order valence-electron chi connectivity index (χ2n) is 7.35. The van der Waals surface area contributed by atoms with Crippen molar-refractivity contribution in [3.8, 4) is 5.69 Å². The highest BCUT2D eigenvalue weighted by atomic mass is 32.2. The SMILES string of the molecule is O=C(Nc1cccc(S(=O)(=O)NC2=NCCCCC2)c1)c1ccn(-c2cccc(F)c2)n1. The second kappa shape index (κ2) is 9.31. The summed E-state index contributed by atoms with van der Waals surface area (Å²) in [6.07, 6.45) is 4.98. The number of hydrogen-bond donors (Lipinski definition) is 2. The summed E-state index contributed by atoms with van der Waals surface area (Å²) >= 11 is 0. The lowest BCUT2D eigenvalue weighted by Crippen LogP contribution is -2.30. The van der Waals surface area contributed by atoms with Gasteiger partial charge in [-0.3, -0.25) is 14.5 Å². The molecule has 8 nitrogen and oxygen atoms in total. The van der Waals surface area contributed by atoms with E-state index >= 15 is 0 Å². The van der Waals surface area contributed by atoms with Crippen LogP contribution in [0.1, 0.15) is 36.2 Å². The Bertz CT molecular complexity index is 1270. The van der Waals surface area contributed by atoms with Gasteiger partial charge in [0.25, 0.3) is 15.9 Å². The molecule has 2 aromatic carbocycles. The summed E-state index contributed by atoms with van der Waals surface area (Å²) in [5, 5.41) is 6.82. The van der Waals surface area contributed by atoms with Crippen molar-refractivity contribution in [3.05, 3.63) is 72.3 Å². The Kier molecular flexibility index (Phi) is 6.31. The van der Waals surface area contributed by atoms with E-state index in [-0.39, 0.29) is 10.6 Å². The van der Waals surface area contributed by atoms with Gasteiger partial charge in [-0.2, -0.15) is 5.10 Å². The fourth-order valence-corrected chi connectivity index (χ4v) is 4.45.